The van der Waals surface area contributed by atoms with Gasteiger partial charge in [0.15, 0.2) is 5.43 Å². The van der Waals surface area contributed by atoms with E-state index in [1.54, 1.807) is 25.3 Å². The minimum atomic E-state index is 0.0158. The molecule has 1 saturated carbocycles. The second-order valence-corrected chi connectivity index (χ2v) is 4.15. The first-order chi connectivity index (χ1) is 7.78. The first kappa shape index (κ1) is 9.46. The van der Waals surface area contributed by atoms with Crippen LogP contribution in [0.5, 0.6) is 5.75 Å². The number of rotatable bonds is 2. The highest BCUT2D eigenvalue weighted by molar-refractivity contribution is 5.78. The van der Waals surface area contributed by atoms with E-state index in [4.69, 9.17) is 9.15 Å². The average Bonchev–Trinajstić information content (AvgIpc) is 3.12. The highest BCUT2D eigenvalue weighted by Crippen LogP contribution is 2.40. The fourth-order valence-corrected chi connectivity index (χ4v) is 1.85. The third kappa shape index (κ3) is 1.48. The molecule has 3 heteroatoms. The predicted molar refractivity (Wildman–Crippen MR) is 61.0 cm³/mol. The maximum Gasteiger partial charge on any atom is 0.193 e. The second-order valence-electron chi connectivity index (χ2n) is 4.15. The molecule has 3 rings (SSSR count). The third-order valence-electron chi connectivity index (χ3n) is 2.93. The molecular formula is C13H12O3. The molecule has 0 saturated heterocycles. The van der Waals surface area contributed by atoms with Crippen LogP contribution in [0.4, 0.5) is 0 Å². The molecule has 0 spiro atoms. The molecule has 0 unspecified atom stereocenters. The fourth-order valence-electron chi connectivity index (χ4n) is 1.85. The summed E-state index contributed by atoms with van der Waals surface area (Å²) in [6.07, 6.45) is 2.26. The molecule has 2 aromatic rings. The number of fused-ring (bicyclic) bond motifs is 1. The summed E-state index contributed by atoms with van der Waals surface area (Å²) in [7, 11) is 1.58. The molecule has 1 heterocycles. The van der Waals surface area contributed by atoms with Gasteiger partial charge in [-0.1, -0.05) is 0 Å². The second kappa shape index (κ2) is 3.37. The van der Waals surface area contributed by atoms with Crippen LogP contribution in [0.15, 0.2) is 33.5 Å². The Hall–Kier alpha value is -1.77. The van der Waals surface area contributed by atoms with E-state index in [2.05, 4.69) is 0 Å². The Balaban J connectivity index is 2.24. The van der Waals surface area contributed by atoms with E-state index < -0.39 is 0 Å². The van der Waals surface area contributed by atoms with Crippen molar-refractivity contribution in [3.8, 4) is 5.75 Å². The Morgan fingerprint density at radius 2 is 2.12 bits per heavy atom. The average molecular weight is 216 g/mol. The highest BCUT2D eigenvalue weighted by atomic mass is 16.5. The van der Waals surface area contributed by atoms with Crippen LogP contribution in [0.1, 0.15) is 24.5 Å². The first-order valence-corrected chi connectivity index (χ1v) is 5.40. The van der Waals surface area contributed by atoms with Gasteiger partial charge in [0.05, 0.1) is 12.5 Å². The molecule has 1 aliphatic rings. The van der Waals surface area contributed by atoms with Gasteiger partial charge in [-0.2, -0.15) is 0 Å². The molecule has 0 bridgehead atoms. The lowest BCUT2D eigenvalue weighted by molar-refractivity contribution is 0.415. The van der Waals surface area contributed by atoms with E-state index in [-0.39, 0.29) is 5.43 Å². The zero-order valence-electron chi connectivity index (χ0n) is 9.03. The summed E-state index contributed by atoms with van der Waals surface area (Å²) < 4.78 is 10.8. The Labute approximate surface area is 92.6 Å². The van der Waals surface area contributed by atoms with Crippen molar-refractivity contribution in [2.24, 2.45) is 0 Å². The number of hydrogen-bond acceptors (Lipinski definition) is 3. The van der Waals surface area contributed by atoms with Gasteiger partial charge in [-0.15, -0.1) is 0 Å². The quantitative estimate of drug-likeness (QED) is 0.774. The molecule has 1 fully saturated rings. The Morgan fingerprint density at radius 3 is 2.81 bits per heavy atom. The molecule has 3 nitrogen and oxygen atoms in total. The van der Waals surface area contributed by atoms with Crippen molar-refractivity contribution in [3.05, 3.63) is 40.2 Å². The molecule has 0 atom stereocenters. The van der Waals surface area contributed by atoms with Gasteiger partial charge in [0, 0.05) is 12.0 Å². The van der Waals surface area contributed by atoms with E-state index >= 15 is 0 Å². The van der Waals surface area contributed by atoms with Crippen molar-refractivity contribution < 1.29 is 9.15 Å². The van der Waals surface area contributed by atoms with Crippen LogP contribution in [-0.4, -0.2) is 7.11 Å². The molecule has 0 radical (unpaired) electrons. The smallest absolute Gasteiger partial charge is 0.193 e. The van der Waals surface area contributed by atoms with Gasteiger partial charge in [0.25, 0.3) is 0 Å². The number of benzene rings is 1. The SMILES string of the molecule is COc1ccc2oc(C3CC3)cc(=O)c2c1. The van der Waals surface area contributed by atoms with Crippen molar-refractivity contribution in [2.75, 3.05) is 7.11 Å². The molecule has 82 valence electrons. The maximum atomic E-state index is 11.9. The molecule has 1 aromatic heterocycles. The van der Waals surface area contributed by atoms with Gasteiger partial charge < -0.3 is 9.15 Å². The monoisotopic (exact) mass is 216 g/mol. The molecular weight excluding hydrogens is 204 g/mol. The van der Waals surface area contributed by atoms with Crippen molar-refractivity contribution in [2.45, 2.75) is 18.8 Å². The van der Waals surface area contributed by atoms with Gasteiger partial charge in [0.2, 0.25) is 0 Å². The molecule has 1 aliphatic carbocycles. The normalized spacial score (nSPS) is 15.3. The summed E-state index contributed by atoms with van der Waals surface area (Å²) in [6.45, 7) is 0. The minimum Gasteiger partial charge on any atom is -0.497 e. The fraction of sp³-hybridized carbons (Fsp3) is 0.308. The third-order valence-corrected chi connectivity index (χ3v) is 2.93. The summed E-state index contributed by atoms with van der Waals surface area (Å²) in [5, 5.41) is 0.587. The van der Waals surface area contributed by atoms with Crippen LogP contribution in [-0.2, 0) is 0 Å². The van der Waals surface area contributed by atoms with E-state index in [9.17, 15) is 4.79 Å². The van der Waals surface area contributed by atoms with Gasteiger partial charge in [-0.3, -0.25) is 4.79 Å². The molecule has 1 aromatic carbocycles. The largest absolute Gasteiger partial charge is 0.497 e. The van der Waals surface area contributed by atoms with Crippen LogP contribution in [0.2, 0.25) is 0 Å². The van der Waals surface area contributed by atoms with Crippen LogP contribution >= 0.6 is 0 Å². The Morgan fingerprint density at radius 1 is 1.31 bits per heavy atom. The summed E-state index contributed by atoms with van der Waals surface area (Å²) in [5.41, 5.74) is 0.664. The first-order valence-electron chi connectivity index (χ1n) is 5.40. The standard InChI is InChI=1S/C13H12O3/c1-15-9-4-5-12-10(6-9)11(14)7-13(16-12)8-2-3-8/h4-8H,2-3H2,1H3. The highest BCUT2D eigenvalue weighted by Gasteiger charge is 2.26. The topological polar surface area (TPSA) is 39.4 Å². The van der Waals surface area contributed by atoms with Gasteiger partial charge in [0.1, 0.15) is 17.1 Å². The summed E-state index contributed by atoms with van der Waals surface area (Å²) in [6, 6.07) is 6.93. The van der Waals surface area contributed by atoms with Crippen molar-refractivity contribution in [3.63, 3.8) is 0 Å². The van der Waals surface area contributed by atoms with Crippen LogP contribution < -0.4 is 10.2 Å². The minimum absolute atomic E-state index is 0.0158. The lowest BCUT2D eigenvalue weighted by atomic mass is 10.2. The summed E-state index contributed by atoms with van der Waals surface area (Å²) in [4.78, 5) is 11.9. The summed E-state index contributed by atoms with van der Waals surface area (Å²) in [5.74, 6) is 1.96. The maximum absolute atomic E-state index is 11.9. The zero-order valence-corrected chi connectivity index (χ0v) is 9.03. The zero-order chi connectivity index (χ0) is 11.1. The number of methoxy groups -OCH3 is 1. The van der Waals surface area contributed by atoms with Crippen LogP contribution in [0.25, 0.3) is 11.0 Å². The van der Waals surface area contributed by atoms with Gasteiger partial charge in [-0.25, -0.2) is 0 Å². The summed E-state index contributed by atoms with van der Waals surface area (Å²) >= 11 is 0. The Kier molecular flexibility index (Phi) is 1.99. The van der Waals surface area contributed by atoms with Crippen LogP contribution in [0, 0.1) is 0 Å². The van der Waals surface area contributed by atoms with E-state index in [0.717, 1.165) is 18.6 Å². The van der Waals surface area contributed by atoms with E-state index in [1.165, 1.54) is 0 Å². The van der Waals surface area contributed by atoms with Gasteiger partial charge in [-0.05, 0) is 31.0 Å². The van der Waals surface area contributed by atoms with E-state index in [1.807, 2.05) is 6.07 Å². The lowest BCUT2D eigenvalue weighted by Gasteiger charge is -2.03. The van der Waals surface area contributed by atoms with Crippen LogP contribution in [0.3, 0.4) is 0 Å². The van der Waals surface area contributed by atoms with Crippen molar-refractivity contribution in [1.29, 1.82) is 0 Å². The number of ether oxygens (including phenoxy) is 1. The molecule has 0 N–H and O–H groups in total. The molecule has 16 heavy (non-hydrogen) atoms. The number of hydrogen-bond donors (Lipinski definition) is 0. The van der Waals surface area contributed by atoms with Crippen molar-refractivity contribution in [1.82, 2.24) is 0 Å². The van der Waals surface area contributed by atoms with E-state index in [0.29, 0.717) is 22.6 Å². The predicted octanol–water partition coefficient (Wildman–Crippen LogP) is 2.68. The Bertz CT molecular complexity index is 594. The van der Waals surface area contributed by atoms with Gasteiger partial charge >= 0.3 is 0 Å². The molecule has 0 amide bonds. The molecule has 0 aliphatic heterocycles. The van der Waals surface area contributed by atoms with Crippen molar-refractivity contribution >= 4 is 11.0 Å². The lowest BCUT2D eigenvalue weighted by Crippen LogP contribution is -2.01.